The lowest BCUT2D eigenvalue weighted by atomic mass is 10.2. The molecule has 120 valence electrons. The molecule has 1 heterocycles. The van der Waals surface area contributed by atoms with Crippen LogP contribution in [0.5, 0.6) is 11.5 Å². The summed E-state index contributed by atoms with van der Waals surface area (Å²) >= 11 is 3.30. The molecule has 1 aromatic rings. The molecule has 1 aliphatic heterocycles. The van der Waals surface area contributed by atoms with Gasteiger partial charge in [0.2, 0.25) is 5.91 Å². The molecule has 7 nitrogen and oxygen atoms in total. The maximum atomic E-state index is 12.1. The van der Waals surface area contributed by atoms with Gasteiger partial charge < -0.3 is 14.8 Å². The number of nitro benzene ring substituents is 1. The molecule has 0 saturated carbocycles. The van der Waals surface area contributed by atoms with E-state index < -0.39 is 4.92 Å². The number of benzene rings is 1. The smallest absolute Gasteiger partial charge is 0.296 e. The first-order chi connectivity index (χ1) is 10.5. The van der Waals surface area contributed by atoms with E-state index in [-0.39, 0.29) is 22.1 Å². The zero-order chi connectivity index (χ0) is 16.1. The predicted molar refractivity (Wildman–Crippen MR) is 85.0 cm³/mol. The largest absolute Gasteiger partial charge is 0.486 e. The van der Waals surface area contributed by atoms with Gasteiger partial charge in [-0.1, -0.05) is 35.7 Å². The quantitative estimate of drug-likeness (QED) is 0.470. The minimum atomic E-state index is -0.552. The number of nitrogens with zero attached hydrogens (tertiary/aromatic N) is 1. The number of carbonyl (C=O) groups is 1. The van der Waals surface area contributed by atoms with Crippen LogP contribution in [-0.4, -0.2) is 28.9 Å². The maximum absolute atomic E-state index is 12.1. The number of hydrogen-bond acceptors (Lipinski definition) is 5. The van der Waals surface area contributed by atoms with Crippen molar-refractivity contribution in [2.75, 3.05) is 18.5 Å². The third-order valence-corrected chi connectivity index (χ3v) is 4.08. The molecule has 0 spiro atoms. The van der Waals surface area contributed by atoms with Gasteiger partial charge in [-0.15, -0.1) is 0 Å². The summed E-state index contributed by atoms with van der Waals surface area (Å²) < 4.78 is 10.7. The number of nitro groups is 1. The Morgan fingerprint density at radius 2 is 2.05 bits per heavy atom. The second-order valence-corrected chi connectivity index (χ2v) is 5.97. The highest BCUT2D eigenvalue weighted by Gasteiger charge is 2.25. The van der Waals surface area contributed by atoms with E-state index in [1.54, 1.807) is 0 Å². The molecular weight excluding hydrogens is 356 g/mol. The predicted octanol–water partition coefficient (Wildman–Crippen LogP) is 3.26. The maximum Gasteiger partial charge on any atom is 0.296 e. The molecule has 1 amide bonds. The molecule has 0 aromatic heterocycles. The number of anilines is 1. The molecule has 1 N–H and O–H groups in total. The van der Waals surface area contributed by atoms with Crippen LogP contribution < -0.4 is 14.8 Å². The van der Waals surface area contributed by atoms with Crippen molar-refractivity contribution in [2.45, 2.75) is 31.0 Å². The molecule has 1 atom stereocenters. The van der Waals surface area contributed by atoms with Crippen molar-refractivity contribution >= 4 is 33.2 Å². The van der Waals surface area contributed by atoms with E-state index in [0.717, 1.165) is 12.8 Å². The Kier molecular flexibility index (Phi) is 5.59. The fraction of sp³-hybridized carbons (Fsp3) is 0.500. The van der Waals surface area contributed by atoms with E-state index in [9.17, 15) is 14.9 Å². The van der Waals surface area contributed by atoms with Crippen LogP contribution in [0.25, 0.3) is 0 Å². The van der Waals surface area contributed by atoms with Crippen LogP contribution in [0.15, 0.2) is 12.1 Å². The number of fused-ring (bicyclic) bond motifs is 1. The Labute approximate surface area is 136 Å². The zero-order valence-corrected chi connectivity index (χ0v) is 13.7. The number of halogens is 1. The van der Waals surface area contributed by atoms with Gasteiger partial charge in [-0.2, -0.15) is 0 Å². The molecule has 0 bridgehead atoms. The number of nitrogens with one attached hydrogen (secondary N) is 1. The Morgan fingerprint density at radius 1 is 1.41 bits per heavy atom. The SMILES string of the molecule is CCCC[C@@H](Br)C(=O)Nc1cc2c(cc1[N+](=O)[O-])OCCO2. The number of alkyl halides is 1. The van der Waals surface area contributed by atoms with Crippen molar-refractivity contribution in [3.63, 3.8) is 0 Å². The van der Waals surface area contributed by atoms with Gasteiger partial charge >= 0.3 is 0 Å². The number of amides is 1. The Bertz CT molecular complexity index is 579. The van der Waals surface area contributed by atoms with E-state index in [1.165, 1.54) is 12.1 Å². The molecule has 0 unspecified atom stereocenters. The van der Waals surface area contributed by atoms with Gasteiger partial charge in [0.25, 0.3) is 5.69 Å². The highest BCUT2D eigenvalue weighted by Crippen LogP contribution is 2.39. The molecule has 1 aromatic carbocycles. The fourth-order valence-electron chi connectivity index (χ4n) is 2.05. The summed E-state index contributed by atoms with van der Waals surface area (Å²) in [5, 5.41) is 13.8. The van der Waals surface area contributed by atoms with Crippen molar-refractivity contribution < 1.29 is 19.2 Å². The minimum absolute atomic E-state index is 0.111. The number of hydrogen-bond donors (Lipinski definition) is 1. The van der Waals surface area contributed by atoms with E-state index in [2.05, 4.69) is 21.2 Å². The van der Waals surface area contributed by atoms with Gasteiger partial charge in [0, 0.05) is 6.07 Å². The normalized spacial score (nSPS) is 14.3. The van der Waals surface area contributed by atoms with Gasteiger partial charge in [-0.25, -0.2) is 0 Å². The molecule has 0 fully saturated rings. The molecule has 0 radical (unpaired) electrons. The monoisotopic (exact) mass is 372 g/mol. The van der Waals surface area contributed by atoms with Gasteiger partial charge in [0.1, 0.15) is 18.9 Å². The number of rotatable bonds is 6. The summed E-state index contributed by atoms with van der Waals surface area (Å²) in [6, 6.07) is 2.71. The first kappa shape index (κ1) is 16.5. The fourth-order valence-corrected chi connectivity index (χ4v) is 2.49. The third kappa shape index (κ3) is 3.88. The summed E-state index contributed by atoms with van der Waals surface area (Å²) in [5.41, 5.74) is -0.104. The second kappa shape index (κ2) is 7.44. The summed E-state index contributed by atoms with van der Waals surface area (Å²) in [6.45, 7) is 2.75. The van der Waals surface area contributed by atoms with Crippen LogP contribution in [0.3, 0.4) is 0 Å². The van der Waals surface area contributed by atoms with Crippen LogP contribution >= 0.6 is 15.9 Å². The molecule has 1 aliphatic rings. The minimum Gasteiger partial charge on any atom is -0.486 e. The third-order valence-electron chi connectivity index (χ3n) is 3.21. The van der Waals surface area contributed by atoms with Crippen LogP contribution in [0, 0.1) is 10.1 Å². The van der Waals surface area contributed by atoms with Gasteiger partial charge in [-0.3, -0.25) is 14.9 Å². The van der Waals surface area contributed by atoms with E-state index in [0.29, 0.717) is 31.1 Å². The van der Waals surface area contributed by atoms with Crippen molar-refractivity contribution in [3.05, 3.63) is 22.2 Å². The molecule has 8 heteroatoms. The lowest BCUT2D eigenvalue weighted by Crippen LogP contribution is -2.23. The summed E-state index contributed by atoms with van der Waals surface area (Å²) in [7, 11) is 0. The molecule has 0 saturated heterocycles. The second-order valence-electron chi connectivity index (χ2n) is 4.87. The summed E-state index contributed by atoms with van der Waals surface area (Å²) in [6.07, 6.45) is 2.53. The first-order valence-corrected chi connectivity index (χ1v) is 7.97. The van der Waals surface area contributed by atoms with E-state index in [1.807, 2.05) is 6.92 Å². The highest BCUT2D eigenvalue weighted by molar-refractivity contribution is 9.10. The summed E-state index contributed by atoms with van der Waals surface area (Å²) in [4.78, 5) is 22.3. The Morgan fingerprint density at radius 3 is 2.64 bits per heavy atom. The van der Waals surface area contributed by atoms with E-state index in [4.69, 9.17) is 9.47 Å². The molecule has 22 heavy (non-hydrogen) atoms. The average Bonchev–Trinajstić information content (AvgIpc) is 2.51. The highest BCUT2D eigenvalue weighted by atomic mass is 79.9. The summed E-state index contributed by atoms with van der Waals surface area (Å²) in [5.74, 6) is 0.400. The van der Waals surface area contributed by atoms with Crippen molar-refractivity contribution in [3.8, 4) is 11.5 Å². The molecular formula is C14H17BrN2O5. The van der Waals surface area contributed by atoms with Crippen LogP contribution in [0.1, 0.15) is 26.2 Å². The Balaban J connectivity index is 2.21. The van der Waals surface area contributed by atoms with Gasteiger partial charge in [0.15, 0.2) is 11.5 Å². The van der Waals surface area contributed by atoms with Gasteiger partial charge in [-0.05, 0) is 6.42 Å². The van der Waals surface area contributed by atoms with Crippen LogP contribution in [0.4, 0.5) is 11.4 Å². The number of unbranched alkanes of at least 4 members (excludes halogenated alkanes) is 1. The molecule has 0 aliphatic carbocycles. The van der Waals surface area contributed by atoms with Crippen molar-refractivity contribution in [1.29, 1.82) is 0 Å². The standard InChI is InChI=1S/C14H17BrN2O5/c1-2-3-4-9(15)14(18)16-10-7-12-13(22-6-5-21-12)8-11(10)17(19)20/h7-9H,2-6H2,1H3,(H,16,18)/t9-/m1/s1. The Hall–Kier alpha value is -1.83. The lowest BCUT2D eigenvalue weighted by molar-refractivity contribution is -0.384. The van der Waals surface area contributed by atoms with Crippen LogP contribution in [0.2, 0.25) is 0 Å². The lowest BCUT2D eigenvalue weighted by Gasteiger charge is -2.19. The van der Waals surface area contributed by atoms with Crippen LogP contribution in [-0.2, 0) is 4.79 Å². The number of ether oxygens (including phenoxy) is 2. The first-order valence-electron chi connectivity index (χ1n) is 7.06. The topological polar surface area (TPSA) is 90.7 Å². The van der Waals surface area contributed by atoms with Gasteiger partial charge in [0.05, 0.1) is 15.8 Å². The van der Waals surface area contributed by atoms with E-state index >= 15 is 0 Å². The van der Waals surface area contributed by atoms with Crippen molar-refractivity contribution in [2.24, 2.45) is 0 Å². The van der Waals surface area contributed by atoms with Crippen molar-refractivity contribution in [1.82, 2.24) is 0 Å². The number of carbonyl (C=O) groups excluding carboxylic acids is 1. The average molecular weight is 373 g/mol. The zero-order valence-electron chi connectivity index (χ0n) is 12.1. The molecule has 2 rings (SSSR count).